The topological polar surface area (TPSA) is 29.5 Å². The molecular formula is C29H52O2S. The van der Waals surface area contributed by atoms with Crippen molar-refractivity contribution in [3.8, 4) is 12.8 Å². The van der Waals surface area contributed by atoms with E-state index in [2.05, 4.69) is 95.7 Å². The first-order valence-corrected chi connectivity index (χ1v) is 13.6. The molecule has 0 spiro atoms. The summed E-state index contributed by atoms with van der Waals surface area (Å²) in [5, 5.41) is 8.70. The van der Waals surface area contributed by atoms with Gasteiger partial charge in [-0.1, -0.05) is 96.0 Å². The highest BCUT2D eigenvalue weighted by Gasteiger charge is 2.29. The Kier molecular flexibility index (Phi) is 36.9. The molecule has 2 nitrogen and oxygen atoms in total. The van der Waals surface area contributed by atoms with Crippen molar-refractivity contribution < 1.29 is 9.29 Å². The van der Waals surface area contributed by atoms with Crippen LogP contribution < -0.4 is 0 Å². The Morgan fingerprint density at radius 2 is 1.56 bits per heavy atom. The van der Waals surface area contributed by atoms with E-state index >= 15 is 0 Å². The molecule has 1 aromatic rings. The van der Waals surface area contributed by atoms with Crippen LogP contribution in [0.1, 0.15) is 74.7 Å². The van der Waals surface area contributed by atoms with Crippen LogP contribution in [0.3, 0.4) is 0 Å². The number of allylic oxidation sites excluding steroid dienone is 4. The third-order valence-electron chi connectivity index (χ3n) is 3.78. The molecule has 0 saturated heterocycles. The zero-order chi connectivity index (χ0) is 25.7. The lowest BCUT2D eigenvalue weighted by atomic mass is 10.3. The van der Waals surface area contributed by atoms with Gasteiger partial charge in [0.2, 0.25) is 0 Å². The Balaban J connectivity index is -0.000000251. The van der Waals surface area contributed by atoms with Crippen LogP contribution in [0.4, 0.5) is 0 Å². The molecule has 32 heavy (non-hydrogen) atoms. The number of unbranched alkanes of at least 4 members (excludes halogenated alkanes) is 2. The third-order valence-corrected chi connectivity index (χ3v) is 7.71. The predicted octanol–water partition coefficient (Wildman–Crippen LogP) is 8.98. The van der Waals surface area contributed by atoms with Crippen molar-refractivity contribution in [1.82, 2.24) is 0 Å². The SMILES string of the molecule is C#C.C/C=C\C=C/CS(OCC)(c1ccccc1)C(C)C.C=CC.CC.CCCCCO. The average molecular weight is 465 g/mol. The van der Waals surface area contributed by atoms with Crippen LogP contribution in [0, 0.1) is 12.8 Å². The molecule has 1 rings (SSSR count). The molecule has 0 aromatic heterocycles. The Hall–Kier alpha value is -1.73. The standard InChI is InChI=1S/C17H26OS.C5H12O.C3H6.C2H6.C2H2/c1-5-7-8-12-15-19(16(3)4,18-6-2)17-13-10-9-11-14-17;1-2-3-4-5-6;1-3-2;2*1-2/h5,7-14,16H,6,15H2,1-4H3;6H,2-5H2,1H3;3H,1H2,2H3;1-2H3;1-2H/b7-5-,12-8-;;;;. The highest BCUT2D eigenvalue weighted by molar-refractivity contribution is 8.30. The van der Waals surface area contributed by atoms with Gasteiger partial charge in [0.05, 0.1) is 6.61 Å². The van der Waals surface area contributed by atoms with Crippen molar-refractivity contribution in [1.29, 1.82) is 0 Å². The molecule has 1 N–H and O–H groups in total. The summed E-state index contributed by atoms with van der Waals surface area (Å²) in [6.07, 6.45) is 21.5. The zero-order valence-electron chi connectivity index (χ0n) is 22.2. The Morgan fingerprint density at radius 3 is 1.91 bits per heavy atom. The minimum atomic E-state index is -1.24. The monoisotopic (exact) mass is 464 g/mol. The van der Waals surface area contributed by atoms with Gasteiger partial charge < -0.3 is 9.29 Å². The van der Waals surface area contributed by atoms with Gasteiger partial charge in [0.15, 0.2) is 0 Å². The smallest absolute Gasteiger partial charge is 0.0568 e. The van der Waals surface area contributed by atoms with Crippen molar-refractivity contribution in [3.63, 3.8) is 0 Å². The van der Waals surface area contributed by atoms with Gasteiger partial charge in [0, 0.05) is 22.5 Å². The normalized spacial score (nSPS) is 12.5. The highest BCUT2D eigenvalue weighted by Crippen LogP contribution is 2.60. The maximum atomic E-state index is 8.20. The van der Waals surface area contributed by atoms with Crippen LogP contribution >= 0.6 is 10.3 Å². The predicted molar refractivity (Wildman–Crippen MR) is 152 cm³/mol. The molecule has 1 aromatic carbocycles. The highest BCUT2D eigenvalue weighted by atomic mass is 32.3. The Labute approximate surface area is 203 Å². The second-order valence-corrected chi connectivity index (χ2v) is 9.89. The summed E-state index contributed by atoms with van der Waals surface area (Å²) in [4.78, 5) is 1.34. The molecule has 0 aliphatic carbocycles. The second-order valence-electron chi connectivity index (χ2n) is 6.45. The number of terminal acetylenes is 1. The van der Waals surface area contributed by atoms with E-state index in [0.717, 1.165) is 25.2 Å². The molecule has 1 unspecified atom stereocenters. The summed E-state index contributed by atoms with van der Waals surface area (Å²) in [5.41, 5.74) is 0. The van der Waals surface area contributed by atoms with E-state index < -0.39 is 10.3 Å². The van der Waals surface area contributed by atoms with Crippen molar-refractivity contribution >= 4 is 10.3 Å². The van der Waals surface area contributed by atoms with Gasteiger partial charge in [-0.15, -0.1) is 29.7 Å². The van der Waals surface area contributed by atoms with Crippen LogP contribution in [-0.2, 0) is 4.18 Å². The van der Waals surface area contributed by atoms with Crippen LogP contribution in [0.5, 0.6) is 0 Å². The van der Waals surface area contributed by atoms with E-state index in [9.17, 15) is 0 Å². The lowest BCUT2D eigenvalue weighted by Gasteiger charge is -2.42. The number of hydrogen-bond donors (Lipinski definition) is 1. The van der Waals surface area contributed by atoms with E-state index in [0.29, 0.717) is 11.9 Å². The Bertz CT molecular complexity index is 543. The molecular weight excluding hydrogens is 412 g/mol. The molecule has 1 atom stereocenters. The zero-order valence-corrected chi connectivity index (χ0v) is 23.0. The van der Waals surface area contributed by atoms with Gasteiger partial charge in [-0.25, -0.2) is 0 Å². The fourth-order valence-corrected chi connectivity index (χ4v) is 5.49. The first-order valence-electron chi connectivity index (χ1n) is 11.8. The molecule has 0 bridgehead atoms. The number of rotatable bonds is 10. The minimum absolute atomic E-state index is 0.355. The molecule has 3 heteroatoms. The van der Waals surface area contributed by atoms with Crippen LogP contribution in [0.15, 0.2) is 72.2 Å². The maximum Gasteiger partial charge on any atom is 0.0568 e. The molecule has 0 heterocycles. The van der Waals surface area contributed by atoms with Crippen LogP contribution in [0.2, 0.25) is 0 Å². The summed E-state index contributed by atoms with van der Waals surface area (Å²) in [5.74, 6) is 0.979. The third kappa shape index (κ3) is 20.2. The van der Waals surface area contributed by atoms with Gasteiger partial charge >= 0.3 is 0 Å². The average Bonchev–Trinajstić information content (AvgIpc) is 2.83. The number of benzene rings is 1. The maximum absolute atomic E-state index is 8.20. The fraction of sp³-hybridized carbons (Fsp3) is 0.517. The van der Waals surface area contributed by atoms with E-state index in [4.69, 9.17) is 9.29 Å². The lowest BCUT2D eigenvalue weighted by Crippen LogP contribution is -2.18. The first-order chi connectivity index (χ1) is 15.5. The van der Waals surface area contributed by atoms with Crippen molar-refractivity contribution in [2.24, 2.45) is 0 Å². The molecule has 0 aliphatic heterocycles. The lowest BCUT2D eigenvalue weighted by molar-refractivity contribution is 0.284. The number of aliphatic hydroxyl groups is 1. The quantitative estimate of drug-likeness (QED) is 0.162. The van der Waals surface area contributed by atoms with Gasteiger partial charge in [0.25, 0.3) is 0 Å². The van der Waals surface area contributed by atoms with Crippen molar-refractivity contribution in [3.05, 3.63) is 67.3 Å². The molecule has 0 fully saturated rings. The second kappa shape index (κ2) is 31.5. The van der Waals surface area contributed by atoms with Gasteiger partial charge in [0.1, 0.15) is 0 Å². The summed E-state index contributed by atoms with van der Waals surface area (Å²) in [6.45, 7) is 21.1. The van der Waals surface area contributed by atoms with E-state index in [1.807, 2.05) is 33.8 Å². The molecule has 0 saturated carbocycles. The summed E-state index contributed by atoms with van der Waals surface area (Å²) < 4.78 is 6.27. The molecule has 0 aliphatic rings. The first kappa shape index (κ1) is 37.6. The van der Waals surface area contributed by atoms with Crippen LogP contribution in [0.25, 0.3) is 0 Å². The van der Waals surface area contributed by atoms with Gasteiger partial charge in [-0.3, -0.25) is 0 Å². The summed E-state index contributed by atoms with van der Waals surface area (Å²) >= 11 is 0. The van der Waals surface area contributed by atoms with Gasteiger partial charge in [-0.05, 0) is 39.3 Å². The largest absolute Gasteiger partial charge is 0.396 e. The molecule has 0 radical (unpaired) electrons. The number of aliphatic hydroxyl groups excluding tert-OH is 1. The minimum Gasteiger partial charge on any atom is -0.396 e. The van der Waals surface area contributed by atoms with Crippen LogP contribution in [-0.4, -0.2) is 29.3 Å². The molecule has 0 amide bonds. The van der Waals surface area contributed by atoms with E-state index in [1.54, 1.807) is 6.08 Å². The van der Waals surface area contributed by atoms with Crippen molar-refractivity contribution in [2.75, 3.05) is 19.0 Å². The van der Waals surface area contributed by atoms with E-state index in [1.165, 1.54) is 11.3 Å². The molecule has 186 valence electrons. The summed E-state index contributed by atoms with van der Waals surface area (Å²) in [7, 11) is -1.24. The van der Waals surface area contributed by atoms with E-state index in [-0.39, 0.29) is 0 Å². The number of hydrogen-bond acceptors (Lipinski definition) is 2. The Morgan fingerprint density at radius 1 is 1.03 bits per heavy atom. The van der Waals surface area contributed by atoms with Gasteiger partial charge in [-0.2, -0.15) is 0 Å². The fourth-order valence-electron chi connectivity index (χ4n) is 2.42. The van der Waals surface area contributed by atoms with Crippen molar-refractivity contribution in [2.45, 2.75) is 84.8 Å². The summed E-state index contributed by atoms with van der Waals surface area (Å²) in [6, 6.07) is 10.7.